The Bertz CT molecular complexity index is 773. The highest BCUT2D eigenvalue weighted by Crippen LogP contribution is 2.27. The van der Waals surface area contributed by atoms with Crippen molar-refractivity contribution < 1.29 is 0 Å². The molecule has 0 atom stereocenters. The Morgan fingerprint density at radius 3 is 2.68 bits per heavy atom. The van der Waals surface area contributed by atoms with Crippen LogP contribution in [0.2, 0.25) is 0 Å². The van der Waals surface area contributed by atoms with Gasteiger partial charge in [0.15, 0.2) is 0 Å². The number of nitrogens with zero attached hydrogens (tertiary/aromatic N) is 2. The lowest BCUT2D eigenvalue weighted by Gasteiger charge is -2.21. The number of hydrogen-bond acceptors (Lipinski definition) is 4. The van der Waals surface area contributed by atoms with E-state index in [1.165, 1.54) is 44.1 Å². The second-order valence-electron chi connectivity index (χ2n) is 8.04. The van der Waals surface area contributed by atoms with Gasteiger partial charge in [0.2, 0.25) is 0 Å². The molecule has 0 aromatic carbocycles. The Labute approximate surface area is 169 Å². The third kappa shape index (κ3) is 5.82. The summed E-state index contributed by atoms with van der Waals surface area (Å²) in [5, 5.41) is 3.34. The van der Waals surface area contributed by atoms with Gasteiger partial charge in [0, 0.05) is 17.6 Å². The Kier molecular flexibility index (Phi) is 7.46. The SMILES string of the molecule is CCCCc1cccc(N/C(C)=C(/N)c2ccc(CC3CCCCC3)cn2)n1. The van der Waals surface area contributed by atoms with Crippen LogP contribution in [0.1, 0.15) is 75.7 Å². The Hall–Kier alpha value is -2.36. The first-order chi connectivity index (χ1) is 13.7. The van der Waals surface area contributed by atoms with Crippen LogP contribution in [0.4, 0.5) is 5.82 Å². The number of aromatic nitrogens is 2. The van der Waals surface area contributed by atoms with Crippen molar-refractivity contribution >= 4 is 11.5 Å². The lowest BCUT2D eigenvalue weighted by atomic mass is 9.85. The minimum Gasteiger partial charge on any atom is -0.396 e. The van der Waals surface area contributed by atoms with Crippen molar-refractivity contribution in [1.82, 2.24) is 9.97 Å². The Morgan fingerprint density at radius 2 is 1.96 bits per heavy atom. The minimum atomic E-state index is 0.671. The van der Waals surface area contributed by atoms with Gasteiger partial charge < -0.3 is 11.1 Å². The van der Waals surface area contributed by atoms with E-state index in [0.29, 0.717) is 5.70 Å². The number of anilines is 1. The molecule has 0 radical (unpaired) electrons. The number of nitrogens with one attached hydrogen (secondary N) is 1. The molecule has 1 aliphatic carbocycles. The van der Waals surface area contributed by atoms with Crippen molar-refractivity contribution in [2.24, 2.45) is 11.7 Å². The summed E-state index contributed by atoms with van der Waals surface area (Å²) in [4.78, 5) is 9.31. The van der Waals surface area contributed by atoms with Crippen LogP contribution < -0.4 is 11.1 Å². The number of hydrogen-bond donors (Lipinski definition) is 2. The van der Waals surface area contributed by atoms with Crippen molar-refractivity contribution in [3.05, 3.63) is 59.2 Å². The van der Waals surface area contributed by atoms with Gasteiger partial charge in [-0.25, -0.2) is 4.98 Å². The van der Waals surface area contributed by atoms with Gasteiger partial charge >= 0.3 is 0 Å². The molecule has 4 heteroatoms. The lowest BCUT2D eigenvalue weighted by Crippen LogP contribution is -2.11. The fourth-order valence-electron chi connectivity index (χ4n) is 3.93. The number of unbranched alkanes of at least 4 members (excludes halogenated alkanes) is 1. The monoisotopic (exact) mass is 378 g/mol. The van der Waals surface area contributed by atoms with Gasteiger partial charge in [-0.15, -0.1) is 0 Å². The van der Waals surface area contributed by atoms with Crippen molar-refractivity contribution in [2.45, 2.75) is 71.6 Å². The van der Waals surface area contributed by atoms with E-state index < -0.39 is 0 Å². The fraction of sp³-hybridized carbons (Fsp3) is 0.500. The largest absolute Gasteiger partial charge is 0.396 e. The van der Waals surface area contributed by atoms with E-state index in [-0.39, 0.29) is 0 Å². The standard InChI is InChI=1S/C24H34N4/c1-3-4-11-21-12-8-13-23(28-21)27-18(2)24(25)22-15-14-20(17-26-22)16-19-9-6-5-7-10-19/h8,12-15,17,19H,3-7,9-11,16,25H2,1-2H3,(H,27,28)/b24-18+. The second kappa shape index (κ2) is 10.3. The van der Waals surface area contributed by atoms with Crippen LogP contribution >= 0.6 is 0 Å². The van der Waals surface area contributed by atoms with Gasteiger partial charge in [0.1, 0.15) is 5.82 Å². The van der Waals surface area contributed by atoms with E-state index in [1.807, 2.05) is 31.3 Å². The zero-order valence-electron chi connectivity index (χ0n) is 17.4. The molecule has 0 bridgehead atoms. The summed E-state index contributed by atoms with van der Waals surface area (Å²) in [6, 6.07) is 10.3. The zero-order valence-corrected chi connectivity index (χ0v) is 17.4. The van der Waals surface area contributed by atoms with E-state index in [0.717, 1.165) is 48.1 Å². The molecule has 2 aromatic heterocycles. The topological polar surface area (TPSA) is 63.8 Å². The van der Waals surface area contributed by atoms with Crippen LogP contribution in [0.3, 0.4) is 0 Å². The van der Waals surface area contributed by atoms with Crippen molar-refractivity contribution in [3.63, 3.8) is 0 Å². The Morgan fingerprint density at radius 1 is 1.14 bits per heavy atom. The second-order valence-corrected chi connectivity index (χ2v) is 8.04. The van der Waals surface area contributed by atoms with E-state index in [9.17, 15) is 0 Å². The molecule has 3 N–H and O–H groups in total. The van der Waals surface area contributed by atoms with Crippen LogP contribution in [0, 0.1) is 5.92 Å². The summed E-state index contributed by atoms with van der Waals surface area (Å²) in [6.07, 6.45) is 13.4. The maximum Gasteiger partial charge on any atom is 0.130 e. The number of pyridine rings is 2. The number of allylic oxidation sites excluding steroid dienone is 1. The highest BCUT2D eigenvalue weighted by atomic mass is 15.0. The highest BCUT2D eigenvalue weighted by Gasteiger charge is 2.14. The highest BCUT2D eigenvalue weighted by molar-refractivity contribution is 5.66. The molecule has 2 aromatic rings. The minimum absolute atomic E-state index is 0.671. The van der Waals surface area contributed by atoms with Crippen LogP contribution in [-0.4, -0.2) is 9.97 Å². The molecule has 0 amide bonds. The van der Waals surface area contributed by atoms with E-state index in [1.54, 1.807) is 0 Å². The van der Waals surface area contributed by atoms with Gasteiger partial charge in [0.25, 0.3) is 0 Å². The molecule has 2 heterocycles. The van der Waals surface area contributed by atoms with Crippen molar-refractivity contribution in [3.8, 4) is 0 Å². The lowest BCUT2D eigenvalue weighted by molar-refractivity contribution is 0.356. The summed E-state index contributed by atoms with van der Waals surface area (Å²) < 4.78 is 0. The van der Waals surface area contributed by atoms with Crippen LogP contribution in [0.25, 0.3) is 5.70 Å². The summed E-state index contributed by atoms with van der Waals surface area (Å²) in [6.45, 7) is 4.18. The molecule has 28 heavy (non-hydrogen) atoms. The smallest absolute Gasteiger partial charge is 0.130 e. The number of rotatable bonds is 8. The van der Waals surface area contributed by atoms with Gasteiger partial charge in [-0.2, -0.15) is 0 Å². The maximum atomic E-state index is 6.37. The molecule has 0 saturated heterocycles. The van der Waals surface area contributed by atoms with Crippen LogP contribution in [0.15, 0.2) is 42.2 Å². The Balaban J connectivity index is 1.64. The summed E-state index contributed by atoms with van der Waals surface area (Å²) in [7, 11) is 0. The zero-order chi connectivity index (χ0) is 19.8. The maximum absolute atomic E-state index is 6.37. The predicted molar refractivity (Wildman–Crippen MR) is 118 cm³/mol. The normalized spacial score (nSPS) is 15.9. The van der Waals surface area contributed by atoms with E-state index in [2.05, 4.69) is 34.3 Å². The molecule has 0 unspecified atom stereocenters. The summed E-state index contributed by atoms with van der Waals surface area (Å²) in [5.74, 6) is 1.66. The van der Waals surface area contributed by atoms with Crippen LogP contribution in [0.5, 0.6) is 0 Å². The summed E-state index contributed by atoms with van der Waals surface area (Å²) >= 11 is 0. The molecule has 1 aliphatic rings. The molecule has 1 fully saturated rings. The average molecular weight is 379 g/mol. The fourth-order valence-corrected chi connectivity index (χ4v) is 3.93. The van der Waals surface area contributed by atoms with Gasteiger partial charge in [-0.05, 0) is 55.9 Å². The molecular formula is C24H34N4. The van der Waals surface area contributed by atoms with Crippen molar-refractivity contribution in [1.29, 1.82) is 0 Å². The summed E-state index contributed by atoms with van der Waals surface area (Å²) in [5.41, 5.74) is 11.2. The third-order valence-corrected chi connectivity index (χ3v) is 5.66. The van der Waals surface area contributed by atoms with Crippen LogP contribution in [-0.2, 0) is 12.8 Å². The predicted octanol–water partition coefficient (Wildman–Crippen LogP) is 5.70. The van der Waals surface area contributed by atoms with E-state index >= 15 is 0 Å². The molecule has 0 aliphatic heterocycles. The first kappa shape index (κ1) is 20.4. The molecule has 0 spiro atoms. The third-order valence-electron chi connectivity index (χ3n) is 5.66. The molecule has 150 valence electrons. The van der Waals surface area contributed by atoms with Gasteiger partial charge in [0.05, 0.1) is 11.4 Å². The molecule has 3 rings (SSSR count). The quantitative estimate of drug-likeness (QED) is 0.618. The number of nitrogens with two attached hydrogens (primary N) is 1. The first-order valence-corrected chi connectivity index (χ1v) is 10.8. The molecular weight excluding hydrogens is 344 g/mol. The number of aryl methyl sites for hydroxylation is 1. The van der Waals surface area contributed by atoms with E-state index in [4.69, 9.17) is 5.73 Å². The molecule has 4 nitrogen and oxygen atoms in total. The average Bonchev–Trinajstić information content (AvgIpc) is 2.73. The molecule has 1 saturated carbocycles. The van der Waals surface area contributed by atoms with Gasteiger partial charge in [-0.3, -0.25) is 4.98 Å². The van der Waals surface area contributed by atoms with Crippen molar-refractivity contribution in [2.75, 3.05) is 5.32 Å². The first-order valence-electron chi connectivity index (χ1n) is 10.8. The van der Waals surface area contributed by atoms with Gasteiger partial charge in [-0.1, -0.05) is 57.6 Å².